The molecule has 0 spiro atoms. The molecule has 0 aliphatic heterocycles. The van der Waals surface area contributed by atoms with Gasteiger partial charge in [-0.15, -0.1) is 0 Å². The maximum Gasteiger partial charge on any atom is 0.241 e. The molecule has 1 aliphatic rings. The van der Waals surface area contributed by atoms with Crippen LogP contribution in [0.2, 0.25) is 0 Å². The molecule has 0 radical (unpaired) electrons. The minimum absolute atomic E-state index is 0.0735. The monoisotopic (exact) mass is 289 g/mol. The summed E-state index contributed by atoms with van der Waals surface area (Å²) >= 11 is 0. The Morgan fingerprint density at radius 2 is 1.86 bits per heavy atom. The summed E-state index contributed by atoms with van der Waals surface area (Å²) < 4.78 is 0. The van der Waals surface area contributed by atoms with Crippen molar-refractivity contribution in [1.82, 2.24) is 15.8 Å². The second-order valence-electron chi connectivity index (χ2n) is 5.74. The van der Waals surface area contributed by atoms with Crippen molar-refractivity contribution in [3.8, 4) is 0 Å². The summed E-state index contributed by atoms with van der Waals surface area (Å²) in [5.74, 6) is -0.119. The number of rotatable bonds is 6. The summed E-state index contributed by atoms with van der Waals surface area (Å²) in [6.07, 6.45) is 2.95. The molecule has 0 bridgehead atoms. The minimum Gasteiger partial charge on any atom is -0.302 e. The molecule has 21 heavy (non-hydrogen) atoms. The van der Waals surface area contributed by atoms with Gasteiger partial charge in [-0.05, 0) is 38.9 Å². The Labute approximate surface area is 125 Å². The third kappa shape index (κ3) is 4.86. The predicted octanol–water partition coefficient (Wildman–Crippen LogP) is 1.63. The molecule has 1 saturated carbocycles. The van der Waals surface area contributed by atoms with Crippen LogP contribution in [-0.4, -0.2) is 30.8 Å². The lowest BCUT2D eigenvalue weighted by molar-refractivity contribution is -0.129. The lowest BCUT2D eigenvalue weighted by Gasteiger charge is -2.24. The van der Waals surface area contributed by atoms with Gasteiger partial charge in [0.25, 0.3) is 0 Å². The Bertz CT molecular complexity index is 484. The number of nitrogens with one attached hydrogen (secondary N) is 2. The van der Waals surface area contributed by atoms with Crippen LogP contribution in [0.3, 0.4) is 0 Å². The average Bonchev–Trinajstić information content (AvgIpc) is 3.30. The van der Waals surface area contributed by atoms with Crippen LogP contribution in [0.25, 0.3) is 0 Å². The standard InChI is InChI=1S/C16H23N3O2/c1-19(2)14(12-6-4-3-5-7-12)10-11-15(20)17-18-16(21)13-8-9-13/h3-7,13-14H,8-11H2,1-2H3,(H,17,20)(H,18,21)/t14-/m0/s1. The van der Waals surface area contributed by atoms with Crippen LogP contribution in [0.1, 0.15) is 37.3 Å². The molecule has 1 fully saturated rings. The lowest BCUT2D eigenvalue weighted by atomic mass is 10.0. The molecule has 2 N–H and O–H groups in total. The summed E-state index contributed by atoms with van der Waals surface area (Å²) in [5, 5.41) is 0. The Kier molecular flexibility index (Phi) is 5.33. The summed E-state index contributed by atoms with van der Waals surface area (Å²) in [6, 6.07) is 10.3. The van der Waals surface area contributed by atoms with Crippen molar-refractivity contribution >= 4 is 11.8 Å². The molecule has 0 unspecified atom stereocenters. The van der Waals surface area contributed by atoms with Crippen LogP contribution < -0.4 is 10.9 Å². The zero-order chi connectivity index (χ0) is 15.2. The Morgan fingerprint density at radius 1 is 1.19 bits per heavy atom. The third-order valence-corrected chi connectivity index (χ3v) is 3.73. The van der Waals surface area contributed by atoms with Gasteiger partial charge >= 0.3 is 0 Å². The molecule has 2 rings (SSSR count). The number of hydrogen-bond donors (Lipinski definition) is 2. The number of carbonyl (C=O) groups is 2. The van der Waals surface area contributed by atoms with E-state index in [-0.39, 0.29) is 23.8 Å². The fraction of sp³-hybridized carbons (Fsp3) is 0.500. The van der Waals surface area contributed by atoms with Gasteiger partial charge in [0.1, 0.15) is 0 Å². The quantitative estimate of drug-likeness (QED) is 0.782. The first-order valence-electron chi connectivity index (χ1n) is 7.38. The van der Waals surface area contributed by atoms with E-state index in [2.05, 4.69) is 27.9 Å². The van der Waals surface area contributed by atoms with Gasteiger partial charge in [-0.3, -0.25) is 20.4 Å². The molecule has 0 aromatic heterocycles. The van der Waals surface area contributed by atoms with E-state index >= 15 is 0 Å². The highest BCUT2D eigenvalue weighted by molar-refractivity contribution is 5.84. The SMILES string of the molecule is CN(C)[C@@H](CCC(=O)NNC(=O)C1CC1)c1ccccc1. The highest BCUT2D eigenvalue weighted by atomic mass is 16.2. The zero-order valence-electron chi connectivity index (χ0n) is 12.6. The van der Waals surface area contributed by atoms with E-state index < -0.39 is 0 Å². The first-order valence-corrected chi connectivity index (χ1v) is 7.38. The van der Waals surface area contributed by atoms with Gasteiger partial charge in [-0.1, -0.05) is 30.3 Å². The maximum absolute atomic E-state index is 11.8. The largest absolute Gasteiger partial charge is 0.302 e. The molecular weight excluding hydrogens is 266 g/mol. The molecule has 1 aromatic carbocycles. The molecule has 1 atom stereocenters. The van der Waals surface area contributed by atoms with Gasteiger partial charge < -0.3 is 4.90 Å². The van der Waals surface area contributed by atoms with E-state index in [0.717, 1.165) is 12.8 Å². The molecule has 0 heterocycles. The van der Waals surface area contributed by atoms with Crippen LogP contribution in [0.5, 0.6) is 0 Å². The van der Waals surface area contributed by atoms with Crippen molar-refractivity contribution in [2.75, 3.05) is 14.1 Å². The van der Waals surface area contributed by atoms with Crippen molar-refractivity contribution in [3.05, 3.63) is 35.9 Å². The highest BCUT2D eigenvalue weighted by Crippen LogP contribution is 2.28. The van der Waals surface area contributed by atoms with Gasteiger partial charge in [-0.2, -0.15) is 0 Å². The summed E-state index contributed by atoms with van der Waals surface area (Å²) in [7, 11) is 4.01. The number of hydrazine groups is 1. The first kappa shape index (κ1) is 15.5. The Morgan fingerprint density at radius 3 is 2.43 bits per heavy atom. The normalized spacial score (nSPS) is 15.6. The lowest BCUT2D eigenvalue weighted by Crippen LogP contribution is -2.42. The van der Waals surface area contributed by atoms with E-state index in [4.69, 9.17) is 0 Å². The molecule has 114 valence electrons. The number of hydrogen-bond acceptors (Lipinski definition) is 3. The van der Waals surface area contributed by atoms with Crippen LogP contribution in [0, 0.1) is 5.92 Å². The number of benzene rings is 1. The van der Waals surface area contributed by atoms with E-state index in [1.54, 1.807) is 0 Å². The van der Waals surface area contributed by atoms with Gasteiger partial charge in [-0.25, -0.2) is 0 Å². The summed E-state index contributed by atoms with van der Waals surface area (Å²) in [4.78, 5) is 25.4. The fourth-order valence-corrected chi connectivity index (χ4v) is 2.31. The predicted molar refractivity (Wildman–Crippen MR) is 81.1 cm³/mol. The molecule has 0 saturated heterocycles. The summed E-state index contributed by atoms with van der Waals surface area (Å²) in [6.45, 7) is 0. The van der Waals surface area contributed by atoms with Crippen molar-refractivity contribution in [1.29, 1.82) is 0 Å². The van der Waals surface area contributed by atoms with Crippen LogP contribution in [0.4, 0.5) is 0 Å². The van der Waals surface area contributed by atoms with Gasteiger partial charge in [0, 0.05) is 18.4 Å². The van der Waals surface area contributed by atoms with Crippen molar-refractivity contribution in [3.63, 3.8) is 0 Å². The number of amides is 2. The smallest absolute Gasteiger partial charge is 0.241 e. The first-order chi connectivity index (χ1) is 10.1. The highest BCUT2D eigenvalue weighted by Gasteiger charge is 2.29. The molecule has 5 heteroatoms. The molecule has 5 nitrogen and oxygen atoms in total. The fourth-order valence-electron chi connectivity index (χ4n) is 2.31. The van der Waals surface area contributed by atoms with Gasteiger partial charge in [0.15, 0.2) is 0 Å². The zero-order valence-corrected chi connectivity index (χ0v) is 12.6. The van der Waals surface area contributed by atoms with E-state index in [9.17, 15) is 9.59 Å². The third-order valence-electron chi connectivity index (χ3n) is 3.73. The molecule has 1 aromatic rings. The maximum atomic E-state index is 11.8. The molecule has 1 aliphatic carbocycles. The molecular formula is C16H23N3O2. The van der Waals surface area contributed by atoms with Crippen LogP contribution in [-0.2, 0) is 9.59 Å². The van der Waals surface area contributed by atoms with Gasteiger partial charge in [0.05, 0.1) is 0 Å². The average molecular weight is 289 g/mol. The van der Waals surface area contributed by atoms with E-state index in [1.807, 2.05) is 32.3 Å². The second kappa shape index (κ2) is 7.22. The van der Waals surface area contributed by atoms with Crippen LogP contribution in [0.15, 0.2) is 30.3 Å². The van der Waals surface area contributed by atoms with Gasteiger partial charge in [0.2, 0.25) is 11.8 Å². The summed E-state index contributed by atoms with van der Waals surface area (Å²) in [5.41, 5.74) is 6.17. The topological polar surface area (TPSA) is 61.4 Å². The number of carbonyl (C=O) groups excluding carboxylic acids is 2. The Balaban J connectivity index is 1.78. The number of nitrogens with zero attached hydrogens (tertiary/aromatic N) is 1. The minimum atomic E-state index is -0.146. The van der Waals surface area contributed by atoms with Crippen molar-refractivity contribution in [2.24, 2.45) is 5.92 Å². The molecule has 2 amide bonds. The Hall–Kier alpha value is -1.88. The van der Waals surface area contributed by atoms with E-state index in [0.29, 0.717) is 12.8 Å². The van der Waals surface area contributed by atoms with Crippen molar-refractivity contribution < 1.29 is 9.59 Å². The van der Waals surface area contributed by atoms with E-state index in [1.165, 1.54) is 5.56 Å². The second-order valence-corrected chi connectivity index (χ2v) is 5.74. The van der Waals surface area contributed by atoms with Crippen molar-refractivity contribution in [2.45, 2.75) is 31.7 Å². The van der Waals surface area contributed by atoms with Crippen LogP contribution >= 0.6 is 0 Å².